The highest BCUT2D eigenvalue weighted by molar-refractivity contribution is 5.43. The molecule has 0 amide bonds. The lowest BCUT2D eigenvalue weighted by atomic mass is 9.90. The van der Waals surface area contributed by atoms with E-state index in [0.29, 0.717) is 0 Å². The summed E-state index contributed by atoms with van der Waals surface area (Å²) >= 11 is 0. The summed E-state index contributed by atoms with van der Waals surface area (Å²) in [6, 6.07) is 10.7. The molecule has 1 aliphatic rings. The second kappa shape index (κ2) is 4.78. The molecule has 3 heteroatoms. The van der Waals surface area contributed by atoms with Crippen LogP contribution in [0.5, 0.6) is 5.75 Å². The normalized spacial score (nSPS) is 18.2. The Bertz CT molecular complexity index is 539. The van der Waals surface area contributed by atoms with Crippen molar-refractivity contribution in [3.8, 4) is 5.75 Å². The van der Waals surface area contributed by atoms with E-state index in [1.165, 1.54) is 16.7 Å². The van der Waals surface area contributed by atoms with Crippen molar-refractivity contribution in [3.05, 3.63) is 59.4 Å². The quantitative estimate of drug-likeness (QED) is 0.874. The summed E-state index contributed by atoms with van der Waals surface area (Å²) < 4.78 is 5.29. The summed E-state index contributed by atoms with van der Waals surface area (Å²) in [5, 5.41) is 3.56. The van der Waals surface area contributed by atoms with Crippen LogP contribution in [0.3, 0.4) is 0 Å². The number of nitrogens with zero attached hydrogens (tertiary/aromatic N) is 1. The highest BCUT2D eigenvalue weighted by Gasteiger charge is 2.21. The van der Waals surface area contributed by atoms with Crippen LogP contribution < -0.4 is 10.1 Å². The predicted molar refractivity (Wildman–Crippen MR) is 70.8 cm³/mol. The van der Waals surface area contributed by atoms with Gasteiger partial charge < -0.3 is 10.1 Å². The van der Waals surface area contributed by atoms with E-state index in [9.17, 15) is 0 Å². The fourth-order valence-electron chi connectivity index (χ4n) is 2.52. The molecule has 0 saturated heterocycles. The minimum absolute atomic E-state index is 0.266. The van der Waals surface area contributed by atoms with Crippen LogP contribution in [0.4, 0.5) is 0 Å². The highest BCUT2D eigenvalue weighted by Crippen LogP contribution is 2.30. The first-order valence-corrected chi connectivity index (χ1v) is 6.18. The van der Waals surface area contributed by atoms with Crippen molar-refractivity contribution < 1.29 is 4.74 Å². The predicted octanol–water partition coefficient (Wildman–Crippen LogP) is 2.33. The van der Waals surface area contributed by atoms with Crippen LogP contribution >= 0.6 is 0 Å². The summed E-state index contributed by atoms with van der Waals surface area (Å²) in [6.45, 7) is 0.993. The number of nitrogens with one attached hydrogen (secondary N) is 1. The zero-order valence-corrected chi connectivity index (χ0v) is 10.4. The van der Waals surface area contributed by atoms with Gasteiger partial charge in [-0.2, -0.15) is 0 Å². The molecule has 1 aliphatic heterocycles. The number of hydrogen-bond acceptors (Lipinski definition) is 3. The maximum absolute atomic E-state index is 5.29. The Balaban J connectivity index is 2.02. The Labute approximate surface area is 107 Å². The average Bonchev–Trinajstić information content (AvgIpc) is 2.47. The fraction of sp³-hybridized carbons (Fsp3) is 0.267. The van der Waals surface area contributed by atoms with Gasteiger partial charge in [-0.1, -0.05) is 6.07 Å². The number of ether oxygens (including phenoxy) is 1. The lowest BCUT2D eigenvalue weighted by Gasteiger charge is -2.27. The summed E-state index contributed by atoms with van der Waals surface area (Å²) in [4.78, 5) is 4.08. The highest BCUT2D eigenvalue weighted by atomic mass is 16.5. The maximum Gasteiger partial charge on any atom is 0.119 e. The van der Waals surface area contributed by atoms with Crippen molar-refractivity contribution in [2.75, 3.05) is 13.7 Å². The van der Waals surface area contributed by atoms with Gasteiger partial charge in [0.25, 0.3) is 0 Å². The van der Waals surface area contributed by atoms with Crippen molar-refractivity contribution in [1.82, 2.24) is 10.3 Å². The first-order valence-electron chi connectivity index (χ1n) is 6.18. The van der Waals surface area contributed by atoms with Crippen LogP contribution in [-0.4, -0.2) is 18.6 Å². The molecule has 92 valence electrons. The minimum atomic E-state index is 0.266. The summed E-state index contributed by atoms with van der Waals surface area (Å²) in [6.07, 6.45) is 4.73. The largest absolute Gasteiger partial charge is 0.497 e. The van der Waals surface area contributed by atoms with Crippen LogP contribution in [0.1, 0.15) is 22.7 Å². The number of methoxy groups -OCH3 is 1. The lowest BCUT2D eigenvalue weighted by Crippen LogP contribution is -2.30. The van der Waals surface area contributed by atoms with Crippen LogP contribution in [0.25, 0.3) is 0 Å². The molecule has 0 bridgehead atoms. The van der Waals surface area contributed by atoms with Crippen molar-refractivity contribution in [2.24, 2.45) is 0 Å². The van der Waals surface area contributed by atoms with E-state index in [0.717, 1.165) is 18.7 Å². The van der Waals surface area contributed by atoms with E-state index < -0.39 is 0 Å². The SMILES string of the molecule is COc1ccc2c(c1)CCN[C@H]2c1ccncc1. The zero-order valence-electron chi connectivity index (χ0n) is 10.4. The van der Waals surface area contributed by atoms with E-state index >= 15 is 0 Å². The van der Waals surface area contributed by atoms with E-state index in [1.54, 1.807) is 7.11 Å². The molecule has 0 saturated carbocycles. The summed E-state index contributed by atoms with van der Waals surface area (Å²) in [5.41, 5.74) is 3.97. The topological polar surface area (TPSA) is 34.1 Å². The van der Waals surface area contributed by atoms with Crippen LogP contribution in [0.15, 0.2) is 42.7 Å². The number of benzene rings is 1. The monoisotopic (exact) mass is 240 g/mol. The van der Waals surface area contributed by atoms with Crippen LogP contribution in [0, 0.1) is 0 Å². The second-order valence-electron chi connectivity index (χ2n) is 4.48. The first kappa shape index (κ1) is 11.2. The molecule has 0 radical (unpaired) electrons. The van der Waals surface area contributed by atoms with Crippen molar-refractivity contribution in [2.45, 2.75) is 12.5 Å². The van der Waals surface area contributed by atoms with Gasteiger partial charge >= 0.3 is 0 Å². The Morgan fingerprint density at radius 3 is 2.83 bits per heavy atom. The number of fused-ring (bicyclic) bond motifs is 1. The van der Waals surface area contributed by atoms with Gasteiger partial charge in [0, 0.05) is 18.9 Å². The van der Waals surface area contributed by atoms with E-state index in [4.69, 9.17) is 4.74 Å². The van der Waals surface area contributed by atoms with Gasteiger partial charge in [-0.3, -0.25) is 4.98 Å². The molecule has 0 unspecified atom stereocenters. The van der Waals surface area contributed by atoms with Gasteiger partial charge in [-0.15, -0.1) is 0 Å². The van der Waals surface area contributed by atoms with Crippen molar-refractivity contribution in [3.63, 3.8) is 0 Å². The Kier molecular flexibility index (Phi) is 2.99. The van der Waals surface area contributed by atoms with E-state index in [1.807, 2.05) is 18.5 Å². The molecule has 3 nitrogen and oxygen atoms in total. The number of rotatable bonds is 2. The Morgan fingerprint density at radius 2 is 2.06 bits per heavy atom. The Morgan fingerprint density at radius 1 is 1.22 bits per heavy atom. The van der Waals surface area contributed by atoms with Crippen molar-refractivity contribution >= 4 is 0 Å². The molecule has 0 fully saturated rings. The van der Waals surface area contributed by atoms with E-state index in [-0.39, 0.29) is 6.04 Å². The molecular weight excluding hydrogens is 224 g/mol. The first-order chi connectivity index (χ1) is 8.88. The molecule has 1 aromatic heterocycles. The third-order valence-corrected chi connectivity index (χ3v) is 3.44. The molecule has 1 N–H and O–H groups in total. The summed E-state index contributed by atoms with van der Waals surface area (Å²) in [5.74, 6) is 0.934. The number of aromatic nitrogens is 1. The molecule has 2 heterocycles. The maximum atomic E-state index is 5.29. The summed E-state index contributed by atoms with van der Waals surface area (Å²) in [7, 11) is 1.71. The lowest BCUT2D eigenvalue weighted by molar-refractivity contribution is 0.413. The van der Waals surface area contributed by atoms with Gasteiger partial charge in [-0.25, -0.2) is 0 Å². The zero-order chi connectivity index (χ0) is 12.4. The molecule has 0 aliphatic carbocycles. The van der Waals surface area contributed by atoms with Gasteiger partial charge in [0.15, 0.2) is 0 Å². The van der Waals surface area contributed by atoms with Gasteiger partial charge in [0.1, 0.15) is 5.75 Å². The van der Waals surface area contributed by atoms with E-state index in [2.05, 4.69) is 34.6 Å². The Hall–Kier alpha value is -1.87. The fourth-order valence-corrected chi connectivity index (χ4v) is 2.52. The van der Waals surface area contributed by atoms with Gasteiger partial charge in [0.05, 0.1) is 13.2 Å². The molecule has 1 aromatic carbocycles. The molecule has 3 rings (SSSR count). The van der Waals surface area contributed by atoms with Crippen LogP contribution in [-0.2, 0) is 6.42 Å². The molecule has 0 spiro atoms. The molecular formula is C15H16N2O. The van der Waals surface area contributed by atoms with Crippen LogP contribution in [0.2, 0.25) is 0 Å². The average molecular weight is 240 g/mol. The molecule has 18 heavy (non-hydrogen) atoms. The molecule has 2 aromatic rings. The third-order valence-electron chi connectivity index (χ3n) is 3.44. The van der Waals surface area contributed by atoms with Gasteiger partial charge in [0.2, 0.25) is 0 Å². The second-order valence-corrected chi connectivity index (χ2v) is 4.48. The smallest absolute Gasteiger partial charge is 0.119 e. The van der Waals surface area contributed by atoms with Crippen molar-refractivity contribution in [1.29, 1.82) is 0 Å². The number of pyridine rings is 1. The third kappa shape index (κ3) is 1.97. The standard InChI is InChI=1S/C15H16N2O/c1-18-13-2-3-14-12(10-13)6-9-17-15(14)11-4-7-16-8-5-11/h2-5,7-8,10,15,17H,6,9H2,1H3/t15-/m0/s1. The number of hydrogen-bond donors (Lipinski definition) is 1. The molecule has 1 atom stereocenters. The van der Waals surface area contributed by atoms with Gasteiger partial charge in [-0.05, 0) is 47.4 Å². The minimum Gasteiger partial charge on any atom is -0.497 e.